The predicted molar refractivity (Wildman–Crippen MR) is 77.5 cm³/mol. The molecule has 1 saturated carbocycles. The molecule has 1 amide bonds. The highest BCUT2D eigenvalue weighted by atomic mass is 32.2. The smallest absolute Gasteiger partial charge is 0.247 e. The van der Waals surface area contributed by atoms with Crippen molar-refractivity contribution in [3.8, 4) is 0 Å². The third-order valence-electron chi connectivity index (χ3n) is 3.54. The summed E-state index contributed by atoms with van der Waals surface area (Å²) in [4.78, 5) is 12.6. The van der Waals surface area contributed by atoms with Crippen LogP contribution in [0.4, 0.5) is 0 Å². The fourth-order valence-electron chi connectivity index (χ4n) is 2.42. The molecule has 2 rings (SSSR count). The molecule has 0 aromatic carbocycles. The van der Waals surface area contributed by atoms with E-state index in [9.17, 15) is 13.2 Å². The fraction of sp³-hybridized carbons (Fsp3) is 0.583. The Bertz CT molecular complexity index is 583. The van der Waals surface area contributed by atoms with Crippen LogP contribution < -0.4 is 16.2 Å². The highest BCUT2D eigenvalue weighted by Crippen LogP contribution is 2.26. The van der Waals surface area contributed by atoms with Gasteiger partial charge in [0.1, 0.15) is 4.21 Å². The molecule has 0 radical (unpaired) electrons. The molecule has 2 atom stereocenters. The fourth-order valence-corrected chi connectivity index (χ4v) is 4.14. The number of carbonyl (C=O) groups is 1. The minimum absolute atomic E-state index is 0.0436. The van der Waals surface area contributed by atoms with Crippen molar-refractivity contribution in [1.82, 2.24) is 5.32 Å². The lowest BCUT2D eigenvalue weighted by Gasteiger charge is -2.14. The van der Waals surface area contributed by atoms with Gasteiger partial charge in [0.25, 0.3) is 0 Å². The van der Waals surface area contributed by atoms with Crippen LogP contribution in [0, 0.1) is 5.92 Å². The van der Waals surface area contributed by atoms with Crippen LogP contribution in [0.1, 0.15) is 30.6 Å². The molecule has 0 saturated heterocycles. The van der Waals surface area contributed by atoms with E-state index < -0.39 is 10.0 Å². The van der Waals surface area contributed by atoms with Gasteiger partial charge in [0, 0.05) is 17.3 Å². The van der Waals surface area contributed by atoms with Crippen molar-refractivity contribution in [3.05, 3.63) is 17.0 Å². The summed E-state index contributed by atoms with van der Waals surface area (Å²) >= 11 is 1.07. The van der Waals surface area contributed by atoms with Gasteiger partial charge in [-0.05, 0) is 30.9 Å². The van der Waals surface area contributed by atoms with E-state index in [-0.39, 0.29) is 22.1 Å². The Balaban J connectivity index is 1.83. The van der Waals surface area contributed by atoms with Crippen molar-refractivity contribution in [2.24, 2.45) is 16.8 Å². The quantitative estimate of drug-likeness (QED) is 0.734. The molecular weight excluding hydrogens is 298 g/mol. The van der Waals surface area contributed by atoms with Crippen molar-refractivity contribution < 1.29 is 13.2 Å². The highest BCUT2D eigenvalue weighted by Gasteiger charge is 2.25. The van der Waals surface area contributed by atoms with Crippen molar-refractivity contribution >= 4 is 27.3 Å². The van der Waals surface area contributed by atoms with Crippen LogP contribution >= 0.6 is 11.3 Å². The molecule has 1 fully saturated rings. The second-order valence-electron chi connectivity index (χ2n) is 5.10. The maximum Gasteiger partial charge on any atom is 0.247 e. The van der Waals surface area contributed by atoms with E-state index in [4.69, 9.17) is 10.9 Å². The topological polar surface area (TPSA) is 115 Å². The largest absolute Gasteiger partial charge is 0.351 e. The van der Waals surface area contributed by atoms with Gasteiger partial charge in [0.2, 0.25) is 15.9 Å². The van der Waals surface area contributed by atoms with Crippen molar-refractivity contribution in [2.45, 2.75) is 42.5 Å². The van der Waals surface area contributed by atoms with Crippen LogP contribution in [0.15, 0.2) is 16.3 Å². The van der Waals surface area contributed by atoms with Gasteiger partial charge < -0.3 is 11.1 Å². The molecule has 0 unspecified atom stereocenters. The third kappa shape index (κ3) is 4.02. The molecule has 1 aromatic heterocycles. The number of hydrogen-bond donors (Lipinski definition) is 3. The van der Waals surface area contributed by atoms with Crippen LogP contribution in [-0.2, 0) is 21.4 Å². The molecular formula is C12H19N3O3S2. The second kappa shape index (κ2) is 6.21. The zero-order valence-electron chi connectivity index (χ0n) is 11.0. The lowest BCUT2D eigenvalue weighted by atomic mass is 10.00. The zero-order chi connectivity index (χ0) is 14.8. The summed E-state index contributed by atoms with van der Waals surface area (Å²) in [5.74, 6) is 0.219. The Kier molecular flexibility index (Phi) is 4.79. The van der Waals surface area contributed by atoms with Crippen LogP contribution in [0.25, 0.3) is 0 Å². The SMILES string of the molecule is N[C@@H]1CCC[C@H]1CC(=O)NCc1ccc(S(N)(=O)=O)s1. The predicted octanol–water partition coefficient (Wildman–Crippen LogP) is 0.529. The van der Waals surface area contributed by atoms with E-state index in [1.807, 2.05) is 0 Å². The minimum Gasteiger partial charge on any atom is -0.351 e. The molecule has 20 heavy (non-hydrogen) atoms. The number of rotatable bonds is 5. The summed E-state index contributed by atoms with van der Waals surface area (Å²) in [6.45, 7) is 0.320. The Hall–Kier alpha value is -0.960. The first-order valence-electron chi connectivity index (χ1n) is 6.50. The minimum atomic E-state index is -3.66. The Morgan fingerprint density at radius 1 is 1.40 bits per heavy atom. The first-order chi connectivity index (χ1) is 9.36. The third-order valence-corrected chi connectivity index (χ3v) is 6.07. The van der Waals surface area contributed by atoms with E-state index >= 15 is 0 Å². The first-order valence-corrected chi connectivity index (χ1v) is 8.86. The van der Waals surface area contributed by atoms with E-state index in [0.29, 0.717) is 13.0 Å². The molecule has 0 spiro atoms. The summed E-state index contributed by atoms with van der Waals surface area (Å²) < 4.78 is 22.4. The first kappa shape index (κ1) is 15.4. The summed E-state index contributed by atoms with van der Waals surface area (Å²) in [5, 5.41) is 7.82. The number of nitrogens with two attached hydrogens (primary N) is 2. The van der Waals surface area contributed by atoms with Gasteiger partial charge >= 0.3 is 0 Å². The second-order valence-corrected chi connectivity index (χ2v) is 8.06. The molecule has 8 heteroatoms. The number of sulfonamides is 1. The Labute approximate surface area is 122 Å². The summed E-state index contributed by atoms with van der Waals surface area (Å²) in [5.41, 5.74) is 5.93. The van der Waals surface area contributed by atoms with Gasteiger partial charge in [-0.2, -0.15) is 0 Å². The average Bonchev–Trinajstić information content (AvgIpc) is 2.96. The number of nitrogens with one attached hydrogen (secondary N) is 1. The van der Waals surface area contributed by atoms with Crippen molar-refractivity contribution in [1.29, 1.82) is 0 Å². The van der Waals surface area contributed by atoms with Gasteiger partial charge in [-0.15, -0.1) is 11.3 Å². The normalized spacial score (nSPS) is 22.9. The van der Waals surface area contributed by atoms with Crippen LogP contribution in [0.3, 0.4) is 0 Å². The average molecular weight is 317 g/mol. The molecule has 1 heterocycles. The maximum atomic E-state index is 11.8. The summed E-state index contributed by atoms with van der Waals surface area (Å²) in [7, 11) is -3.66. The lowest BCUT2D eigenvalue weighted by molar-refractivity contribution is -0.122. The van der Waals surface area contributed by atoms with E-state index in [1.54, 1.807) is 6.07 Å². The molecule has 6 nitrogen and oxygen atoms in total. The van der Waals surface area contributed by atoms with E-state index in [2.05, 4.69) is 5.32 Å². The number of thiophene rings is 1. The lowest BCUT2D eigenvalue weighted by Crippen LogP contribution is -2.31. The molecule has 1 aromatic rings. The maximum absolute atomic E-state index is 11.8. The monoisotopic (exact) mass is 317 g/mol. The van der Waals surface area contributed by atoms with Crippen molar-refractivity contribution in [2.75, 3.05) is 0 Å². The van der Waals surface area contributed by atoms with Crippen LogP contribution in [-0.4, -0.2) is 20.4 Å². The molecule has 1 aliphatic rings. The highest BCUT2D eigenvalue weighted by molar-refractivity contribution is 7.91. The standard InChI is InChI=1S/C12H19N3O3S2/c13-10-3-1-2-8(10)6-11(16)15-7-9-4-5-12(19-9)20(14,17)18/h4-5,8,10H,1-3,6-7,13H2,(H,15,16)(H2,14,17,18)/t8-,10+/m0/s1. The van der Waals surface area contributed by atoms with Gasteiger partial charge in [-0.1, -0.05) is 6.42 Å². The molecule has 0 bridgehead atoms. The van der Waals surface area contributed by atoms with Crippen LogP contribution in [0.2, 0.25) is 0 Å². The molecule has 5 N–H and O–H groups in total. The number of amides is 1. The number of carbonyl (C=O) groups excluding carboxylic acids is 1. The van der Waals surface area contributed by atoms with Gasteiger partial charge in [-0.3, -0.25) is 4.79 Å². The summed E-state index contributed by atoms with van der Waals surface area (Å²) in [6.07, 6.45) is 3.51. The van der Waals surface area contributed by atoms with Gasteiger partial charge in [0.15, 0.2) is 0 Å². The van der Waals surface area contributed by atoms with E-state index in [1.165, 1.54) is 6.07 Å². The zero-order valence-corrected chi connectivity index (χ0v) is 12.7. The summed E-state index contributed by atoms with van der Waals surface area (Å²) in [6, 6.07) is 3.23. The Morgan fingerprint density at radius 2 is 2.15 bits per heavy atom. The molecule has 1 aliphatic carbocycles. The van der Waals surface area contributed by atoms with E-state index in [0.717, 1.165) is 35.5 Å². The van der Waals surface area contributed by atoms with Gasteiger partial charge in [-0.25, -0.2) is 13.6 Å². The van der Waals surface area contributed by atoms with Crippen LogP contribution in [0.5, 0.6) is 0 Å². The number of hydrogen-bond acceptors (Lipinski definition) is 5. The molecule has 0 aliphatic heterocycles. The Morgan fingerprint density at radius 3 is 2.70 bits per heavy atom. The molecule has 112 valence electrons. The number of primary sulfonamides is 1. The van der Waals surface area contributed by atoms with Gasteiger partial charge in [0.05, 0.1) is 6.54 Å². The van der Waals surface area contributed by atoms with Crippen molar-refractivity contribution in [3.63, 3.8) is 0 Å².